The van der Waals surface area contributed by atoms with Gasteiger partial charge in [-0.3, -0.25) is 9.59 Å². The molecule has 5 rings (SSSR count). The highest BCUT2D eigenvalue weighted by atomic mass is 16.2. The van der Waals surface area contributed by atoms with Crippen LogP contribution < -0.4 is 16.8 Å². The molecule has 11 heteroatoms. The van der Waals surface area contributed by atoms with Crippen LogP contribution >= 0.6 is 0 Å². The minimum atomic E-state index is -0.803. The molecule has 2 atom stereocenters. The summed E-state index contributed by atoms with van der Waals surface area (Å²) in [6.07, 6.45) is 3.45. The van der Waals surface area contributed by atoms with E-state index in [2.05, 4.69) is 45.6 Å². The van der Waals surface area contributed by atoms with E-state index in [1.807, 2.05) is 25.2 Å². The van der Waals surface area contributed by atoms with Gasteiger partial charge >= 0.3 is 0 Å². The molecule has 2 aliphatic rings. The molecule has 1 aliphatic carbocycles. The number of carbonyl (C=O) groups is 2. The molecule has 0 bridgehead atoms. The monoisotopic (exact) mass is 539 g/mol. The Morgan fingerprint density at radius 3 is 2.42 bits per heavy atom. The fraction of sp³-hybridized carbons (Fsp3) is 0.379. The average molecular weight is 540 g/mol. The van der Waals surface area contributed by atoms with E-state index >= 15 is 0 Å². The summed E-state index contributed by atoms with van der Waals surface area (Å²) in [4.78, 5) is 26.6. The van der Waals surface area contributed by atoms with E-state index in [0.717, 1.165) is 34.2 Å². The van der Waals surface area contributed by atoms with Crippen molar-refractivity contribution in [3.8, 4) is 6.07 Å². The summed E-state index contributed by atoms with van der Waals surface area (Å²) in [5.74, 6) is 0.0625. The molecule has 1 aliphatic heterocycles. The van der Waals surface area contributed by atoms with Gasteiger partial charge in [-0.25, -0.2) is 4.68 Å². The van der Waals surface area contributed by atoms with Gasteiger partial charge in [-0.05, 0) is 95.1 Å². The number of nitrogens with zero attached hydrogens (tertiary/aromatic N) is 6. The Balaban J connectivity index is 1.58. The maximum atomic E-state index is 12.9. The van der Waals surface area contributed by atoms with Gasteiger partial charge in [0.05, 0.1) is 18.0 Å². The average Bonchev–Trinajstić information content (AvgIpc) is 3.58. The van der Waals surface area contributed by atoms with Crippen LogP contribution in [0.5, 0.6) is 0 Å². The van der Waals surface area contributed by atoms with Crippen LogP contribution in [0.4, 0.5) is 0 Å². The van der Waals surface area contributed by atoms with Gasteiger partial charge in [-0.15, -0.1) is 5.10 Å². The Morgan fingerprint density at radius 1 is 1.15 bits per heavy atom. The highest BCUT2D eigenvalue weighted by Crippen LogP contribution is 2.46. The molecule has 0 saturated carbocycles. The van der Waals surface area contributed by atoms with Gasteiger partial charge in [0.2, 0.25) is 11.8 Å². The number of fused-ring (bicyclic) bond motifs is 2. The summed E-state index contributed by atoms with van der Waals surface area (Å²) in [5, 5.41) is 25.3. The number of nitrogens with two attached hydrogens (primary N) is 2. The lowest BCUT2D eigenvalue weighted by Crippen LogP contribution is -2.42. The van der Waals surface area contributed by atoms with Gasteiger partial charge in [0.1, 0.15) is 6.04 Å². The Hall–Kier alpha value is -4.56. The number of hydrogen-bond acceptors (Lipinski definition) is 8. The number of aryl methyl sites for hydroxylation is 3. The number of likely N-dealkylation sites (tertiary alicyclic amines) is 1. The summed E-state index contributed by atoms with van der Waals surface area (Å²) in [6.45, 7) is 5.10. The number of carbonyl (C=O) groups excluding carboxylic acids is 2. The van der Waals surface area contributed by atoms with E-state index in [1.54, 1.807) is 15.6 Å². The van der Waals surface area contributed by atoms with Gasteiger partial charge in [0, 0.05) is 24.9 Å². The van der Waals surface area contributed by atoms with E-state index in [9.17, 15) is 14.9 Å². The quantitative estimate of drug-likeness (QED) is 0.358. The second kappa shape index (κ2) is 10.9. The third kappa shape index (κ3) is 4.71. The molecule has 2 amide bonds. The van der Waals surface area contributed by atoms with Crippen molar-refractivity contribution >= 4 is 17.5 Å². The SMILES string of the molecule is C=C(N)c1ccc2c(c1)CCc1cc(C(N)=O)ccc1C2(CCNCC(=O)N1CCC[C@H]1C#N)c1nnnn1C. The van der Waals surface area contributed by atoms with E-state index in [-0.39, 0.29) is 18.5 Å². The number of aromatic nitrogens is 4. The van der Waals surface area contributed by atoms with Crippen molar-refractivity contribution in [2.24, 2.45) is 18.5 Å². The number of tetrazole rings is 1. The standard InChI is InChI=1S/C29H33N9O2/c1-18(31)19-7-9-24-20(14-19)5-6-21-15-22(27(32)40)8-10-25(21)29(24,28-34-35-36-37(28)2)11-12-33-17-26(39)38-13-3-4-23(38)16-30/h7-10,14-15,23,33H,1,3-6,11-13,17,31H2,2H3,(H2,32,40)/t23-,29?/m0/s1. The molecule has 1 unspecified atom stereocenters. The third-order valence-electron chi connectivity index (χ3n) is 8.13. The molecule has 1 fully saturated rings. The van der Waals surface area contributed by atoms with Crippen LogP contribution in [0.25, 0.3) is 5.70 Å². The maximum absolute atomic E-state index is 12.9. The molecule has 1 aromatic heterocycles. The van der Waals surface area contributed by atoms with Gasteiger partial charge in [-0.1, -0.05) is 24.8 Å². The molecule has 5 N–H and O–H groups in total. The molecule has 0 radical (unpaired) electrons. The number of rotatable bonds is 8. The summed E-state index contributed by atoms with van der Waals surface area (Å²) >= 11 is 0. The maximum Gasteiger partial charge on any atom is 0.248 e. The van der Waals surface area contributed by atoms with Crippen LogP contribution in [0.1, 0.15) is 63.3 Å². The number of nitriles is 1. The third-order valence-corrected chi connectivity index (χ3v) is 8.13. The van der Waals surface area contributed by atoms with Gasteiger partial charge in [-0.2, -0.15) is 5.26 Å². The van der Waals surface area contributed by atoms with E-state index in [1.165, 1.54) is 0 Å². The van der Waals surface area contributed by atoms with Crippen molar-refractivity contribution in [2.75, 3.05) is 19.6 Å². The van der Waals surface area contributed by atoms with Crippen molar-refractivity contribution in [1.29, 1.82) is 5.26 Å². The van der Waals surface area contributed by atoms with Crippen molar-refractivity contribution < 1.29 is 9.59 Å². The van der Waals surface area contributed by atoms with Crippen molar-refractivity contribution in [3.05, 3.63) is 82.2 Å². The summed E-state index contributed by atoms with van der Waals surface area (Å²) in [5.41, 5.74) is 16.7. The zero-order chi connectivity index (χ0) is 28.4. The second-order valence-corrected chi connectivity index (χ2v) is 10.5. The first-order valence-corrected chi connectivity index (χ1v) is 13.4. The molecule has 0 spiro atoms. The lowest BCUT2D eigenvalue weighted by molar-refractivity contribution is -0.130. The Morgan fingerprint density at radius 2 is 1.82 bits per heavy atom. The topological polar surface area (TPSA) is 169 Å². The van der Waals surface area contributed by atoms with E-state index in [0.29, 0.717) is 55.9 Å². The summed E-state index contributed by atoms with van der Waals surface area (Å²) in [6, 6.07) is 13.5. The second-order valence-electron chi connectivity index (χ2n) is 10.5. The number of amides is 2. The largest absolute Gasteiger partial charge is 0.399 e. The Bertz CT molecular complexity index is 1450. The fourth-order valence-corrected chi connectivity index (χ4v) is 6.19. The lowest BCUT2D eigenvalue weighted by Gasteiger charge is -2.35. The first-order valence-electron chi connectivity index (χ1n) is 13.4. The van der Waals surface area contributed by atoms with Gasteiger partial charge in [0.15, 0.2) is 5.82 Å². The Labute approximate surface area is 232 Å². The van der Waals surface area contributed by atoms with Crippen LogP contribution in [0.15, 0.2) is 43.0 Å². The molecule has 40 heavy (non-hydrogen) atoms. The fourth-order valence-electron chi connectivity index (χ4n) is 6.19. The molecular weight excluding hydrogens is 506 g/mol. The van der Waals surface area contributed by atoms with Crippen LogP contribution in [0, 0.1) is 11.3 Å². The summed E-state index contributed by atoms with van der Waals surface area (Å²) in [7, 11) is 1.81. The Kier molecular flexibility index (Phi) is 7.36. The highest BCUT2D eigenvalue weighted by molar-refractivity contribution is 5.93. The van der Waals surface area contributed by atoms with Crippen LogP contribution in [0.2, 0.25) is 0 Å². The highest BCUT2D eigenvalue weighted by Gasteiger charge is 2.44. The molecular formula is C29H33N9O2. The molecule has 11 nitrogen and oxygen atoms in total. The number of hydrogen-bond donors (Lipinski definition) is 3. The van der Waals surface area contributed by atoms with Crippen LogP contribution in [-0.4, -0.2) is 62.6 Å². The molecule has 2 heterocycles. The predicted molar refractivity (Wildman–Crippen MR) is 149 cm³/mol. The van der Waals surface area contributed by atoms with Gasteiger partial charge < -0.3 is 21.7 Å². The molecule has 3 aromatic rings. The molecule has 2 aromatic carbocycles. The van der Waals surface area contributed by atoms with Crippen molar-refractivity contribution in [1.82, 2.24) is 30.4 Å². The van der Waals surface area contributed by atoms with Crippen molar-refractivity contribution in [2.45, 2.75) is 43.6 Å². The first kappa shape index (κ1) is 27.0. The normalized spacial score (nSPS) is 19.8. The van der Waals surface area contributed by atoms with E-state index < -0.39 is 11.3 Å². The number of nitrogens with one attached hydrogen (secondary N) is 1. The zero-order valence-corrected chi connectivity index (χ0v) is 22.6. The molecule has 206 valence electrons. The summed E-state index contributed by atoms with van der Waals surface area (Å²) < 4.78 is 1.67. The van der Waals surface area contributed by atoms with Crippen molar-refractivity contribution in [3.63, 3.8) is 0 Å². The molecule has 1 saturated heterocycles. The smallest absolute Gasteiger partial charge is 0.248 e. The van der Waals surface area contributed by atoms with Crippen LogP contribution in [0.3, 0.4) is 0 Å². The minimum Gasteiger partial charge on any atom is -0.399 e. The predicted octanol–water partition coefficient (Wildman–Crippen LogP) is 1.17. The minimum absolute atomic E-state index is 0.0858. The van der Waals surface area contributed by atoms with Crippen LogP contribution in [-0.2, 0) is 30.1 Å². The number of primary amides is 1. The van der Waals surface area contributed by atoms with E-state index in [4.69, 9.17) is 11.5 Å². The lowest BCUT2D eigenvalue weighted by atomic mass is 9.69. The first-order chi connectivity index (χ1) is 19.3. The number of benzene rings is 2. The zero-order valence-electron chi connectivity index (χ0n) is 22.6. The van der Waals surface area contributed by atoms with Gasteiger partial charge in [0.25, 0.3) is 0 Å².